The first-order valence-electron chi connectivity index (χ1n) is 11.4. The van der Waals surface area contributed by atoms with Crippen molar-refractivity contribution in [1.29, 1.82) is 0 Å². The van der Waals surface area contributed by atoms with Crippen LogP contribution in [0.3, 0.4) is 0 Å². The molecule has 1 amide bonds. The number of rotatable bonds is 3. The third-order valence-electron chi connectivity index (χ3n) is 6.66. The summed E-state index contributed by atoms with van der Waals surface area (Å²) in [5.41, 5.74) is 3.93. The molecular formula is C25H26N6O. The van der Waals surface area contributed by atoms with Gasteiger partial charge in [0.25, 0.3) is 0 Å². The number of benzene rings is 2. The van der Waals surface area contributed by atoms with Gasteiger partial charge in [0.05, 0.1) is 5.52 Å². The van der Waals surface area contributed by atoms with Crippen LogP contribution < -0.4 is 4.90 Å². The number of amides is 1. The molecule has 7 nitrogen and oxygen atoms in total. The van der Waals surface area contributed by atoms with Gasteiger partial charge in [-0.05, 0) is 38.8 Å². The molecule has 3 heterocycles. The second kappa shape index (κ2) is 7.29. The van der Waals surface area contributed by atoms with Gasteiger partial charge in [-0.2, -0.15) is 0 Å². The number of aromatic nitrogens is 4. The minimum absolute atomic E-state index is 0.138. The monoisotopic (exact) mass is 426 g/mol. The summed E-state index contributed by atoms with van der Waals surface area (Å²) < 4.78 is 2.08. The van der Waals surface area contributed by atoms with E-state index in [1.807, 2.05) is 24.3 Å². The van der Waals surface area contributed by atoms with Crippen molar-refractivity contribution >= 4 is 28.4 Å². The van der Waals surface area contributed by atoms with Crippen LogP contribution in [-0.2, 0) is 4.79 Å². The van der Waals surface area contributed by atoms with E-state index in [1.165, 1.54) is 5.56 Å². The van der Waals surface area contributed by atoms with Gasteiger partial charge in [0.15, 0.2) is 11.5 Å². The molecule has 2 aromatic heterocycles. The molecule has 0 N–H and O–H groups in total. The van der Waals surface area contributed by atoms with Crippen LogP contribution in [0.4, 0.5) is 5.95 Å². The molecule has 0 unspecified atom stereocenters. The summed E-state index contributed by atoms with van der Waals surface area (Å²) in [4.78, 5) is 22.1. The smallest absolute Gasteiger partial charge is 0.226 e. The van der Waals surface area contributed by atoms with E-state index >= 15 is 0 Å². The van der Waals surface area contributed by atoms with Crippen molar-refractivity contribution in [3.05, 3.63) is 54.1 Å². The van der Waals surface area contributed by atoms with Gasteiger partial charge in [-0.15, -0.1) is 10.2 Å². The SMILES string of the molecule is Cc1ccc(-c2nnc3c4ccccc4nc(N4CCN(C(=O)C5CC5)[C@H](C)C4)n23)cc1. The molecular weight excluding hydrogens is 400 g/mol. The number of para-hydroxylation sites is 1. The Bertz CT molecular complexity index is 1320. The lowest BCUT2D eigenvalue weighted by atomic mass is 10.1. The molecule has 1 aliphatic heterocycles. The average molecular weight is 427 g/mol. The second-order valence-corrected chi connectivity index (χ2v) is 9.08. The number of fused-ring (bicyclic) bond motifs is 3. The van der Waals surface area contributed by atoms with Crippen LogP contribution in [0.15, 0.2) is 48.5 Å². The molecule has 7 heteroatoms. The third kappa shape index (κ3) is 3.11. The second-order valence-electron chi connectivity index (χ2n) is 9.08. The van der Waals surface area contributed by atoms with Crippen LogP contribution in [-0.4, -0.2) is 56.1 Å². The van der Waals surface area contributed by atoms with Crippen molar-refractivity contribution in [1.82, 2.24) is 24.5 Å². The average Bonchev–Trinajstić information content (AvgIpc) is 3.57. The van der Waals surface area contributed by atoms with Crippen LogP contribution in [0, 0.1) is 12.8 Å². The van der Waals surface area contributed by atoms with Gasteiger partial charge in [-0.25, -0.2) is 9.38 Å². The molecule has 2 fully saturated rings. The quantitative estimate of drug-likeness (QED) is 0.500. The number of nitrogens with zero attached hydrogens (tertiary/aromatic N) is 6. The molecule has 0 bridgehead atoms. The first-order chi connectivity index (χ1) is 15.6. The molecule has 32 heavy (non-hydrogen) atoms. The molecule has 162 valence electrons. The Labute approximate surface area is 186 Å². The lowest BCUT2D eigenvalue weighted by Crippen LogP contribution is -2.55. The molecule has 1 aliphatic carbocycles. The van der Waals surface area contributed by atoms with E-state index in [1.54, 1.807) is 0 Å². The molecule has 2 aromatic carbocycles. The van der Waals surface area contributed by atoms with Gasteiger partial charge in [-0.3, -0.25) is 4.79 Å². The Morgan fingerprint density at radius 1 is 1.00 bits per heavy atom. The van der Waals surface area contributed by atoms with Crippen molar-refractivity contribution in [2.24, 2.45) is 5.92 Å². The van der Waals surface area contributed by atoms with Crippen molar-refractivity contribution in [2.45, 2.75) is 32.7 Å². The molecule has 1 saturated heterocycles. The van der Waals surface area contributed by atoms with E-state index < -0.39 is 0 Å². The Balaban J connectivity index is 1.47. The maximum absolute atomic E-state index is 12.7. The summed E-state index contributed by atoms with van der Waals surface area (Å²) in [5.74, 6) is 2.20. The zero-order valence-electron chi connectivity index (χ0n) is 18.4. The Hall–Kier alpha value is -3.48. The maximum atomic E-state index is 12.7. The van der Waals surface area contributed by atoms with E-state index in [2.05, 4.69) is 62.5 Å². The largest absolute Gasteiger partial charge is 0.338 e. The molecule has 6 rings (SSSR count). The van der Waals surface area contributed by atoms with E-state index in [9.17, 15) is 4.79 Å². The van der Waals surface area contributed by atoms with Crippen LogP contribution in [0.5, 0.6) is 0 Å². The van der Waals surface area contributed by atoms with E-state index in [-0.39, 0.29) is 12.0 Å². The standard InChI is InChI=1S/C25H26N6O/c1-16-7-9-18(10-8-16)22-27-28-23-20-5-3-4-6-21(20)26-25(31(22)23)29-13-14-30(17(2)15-29)24(32)19-11-12-19/h3-10,17,19H,11-15H2,1-2H3/t17-/m1/s1. The van der Waals surface area contributed by atoms with E-state index in [4.69, 9.17) is 4.98 Å². The zero-order chi connectivity index (χ0) is 21.8. The van der Waals surface area contributed by atoms with Crippen LogP contribution >= 0.6 is 0 Å². The Kier molecular flexibility index (Phi) is 4.38. The number of carbonyl (C=O) groups excluding carboxylic acids is 1. The predicted octanol–water partition coefficient (Wildman–Crippen LogP) is 3.70. The highest BCUT2D eigenvalue weighted by molar-refractivity contribution is 5.93. The zero-order valence-corrected chi connectivity index (χ0v) is 18.4. The van der Waals surface area contributed by atoms with Crippen LogP contribution in [0.2, 0.25) is 0 Å². The number of aryl methyl sites for hydroxylation is 1. The summed E-state index contributed by atoms with van der Waals surface area (Å²) in [6.45, 7) is 6.42. The van der Waals surface area contributed by atoms with Crippen molar-refractivity contribution in [2.75, 3.05) is 24.5 Å². The fraction of sp³-hybridized carbons (Fsp3) is 0.360. The number of piperazine rings is 1. The maximum Gasteiger partial charge on any atom is 0.226 e. The van der Waals surface area contributed by atoms with E-state index in [0.29, 0.717) is 12.5 Å². The topological polar surface area (TPSA) is 66.6 Å². The van der Waals surface area contributed by atoms with E-state index in [0.717, 1.165) is 59.8 Å². The molecule has 2 aliphatic rings. The molecule has 0 radical (unpaired) electrons. The van der Waals surface area contributed by atoms with Gasteiger partial charge in [0, 0.05) is 42.5 Å². The molecule has 4 aromatic rings. The summed E-state index contributed by atoms with van der Waals surface area (Å²) in [6, 6.07) is 16.6. The first kappa shape index (κ1) is 19.2. The van der Waals surface area contributed by atoms with Gasteiger partial charge in [0.2, 0.25) is 11.9 Å². The molecule has 0 spiro atoms. The van der Waals surface area contributed by atoms with Crippen LogP contribution in [0.25, 0.3) is 27.9 Å². The highest BCUT2D eigenvalue weighted by Gasteiger charge is 2.38. The van der Waals surface area contributed by atoms with Crippen LogP contribution in [0.1, 0.15) is 25.3 Å². The Morgan fingerprint density at radius 3 is 2.53 bits per heavy atom. The Morgan fingerprint density at radius 2 is 1.78 bits per heavy atom. The van der Waals surface area contributed by atoms with Crippen molar-refractivity contribution < 1.29 is 4.79 Å². The third-order valence-corrected chi connectivity index (χ3v) is 6.66. The fourth-order valence-corrected chi connectivity index (χ4v) is 4.70. The first-order valence-corrected chi connectivity index (χ1v) is 11.4. The van der Waals surface area contributed by atoms with Gasteiger partial charge in [-0.1, -0.05) is 42.0 Å². The van der Waals surface area contributed by atoms with Crippen molar-refractivity contribution in [3.63, 3.8) is 0 Å². The summed E-state index contributed by atoms with van der Waals surface area (Å²) in [6.07, 6.45) is 2.08. The number of hydrogen-bond donors (Lipinski definition) is 0. The fourth-order valence-electron chi connectivity index (χ4n) is 4.70. The summed E-state index contributed by atoms with van der Waals surface area (Å²) in [5, 5.41) is 10.1. The number of carbonyl (C=O) groups is 1. The highest BCUT2D eigenvalue weighted by atomic mass is 16.2. The minimum Gasteiger partial charge on any atom is -0.338 e. The molecule has 1 atom stereocenters. The van der Waals surface area contributed by atoms with Gasteiger partial charge in [0.1, 0.15) is 0 Å². The predicted molar refractivity (Wildman–Crippen MR) is 125 cm³/mol. The lowest BCUT2D eigenvalue weighted by Gasteiger charge is -2.40. The summed E-state index contributed by atoms with van der Waals surface area (Å²) >= 11 is 0. The number of hydrogen-bond acceptors (Lipinski definition) is 5. The van der Waals surface area contributed by atoms with Gasteiger partial charge >= 0.3 is 0 Å². The van der Waals surface area contributed by atoms with Gasteiger partial charge < -0.3 is 9.80 Å². The summed E-state index contributed by atoms with van der Waals surface area (Å²) in [7, 11) is 0. The van der Waals surface area contributed by atoms with Crippen molar-refractivity contribution in [3.8, 4) is 11.4 Å². The highest BCUT2D eigenvalue weighted by Crippen LogP contribution is 2.33. The molecule has 1 saturated carbocycles. The lowest BCUT2D eigenvalue weighted by molar-refractivity contribution is -0.134. The normalized spacial score (nSPS) is 19.1. The minimum atomic E-state index is 0.138. The number of anilines is 1.